The lowest BCUT2D eigenvalue weighted by atomic mass is 9.65. The summed E-state index contributed by atoms with van der Waals surface area (Å²) in [6.45, 7) is 5.45. The molecule has 30 heavy (non-hydrogen) atoms. The van der Waals surface area contributed by atoms with Gasteiger partial charge in [0.15, 0.2) is 0 Å². The summed E-state index contributed by atoms with van der Waals surface area (Å²) in [7, 11) is 0. The van der Waals surface area contributed by atoms with Gasteiger partial charge in [0.05, 0.1) is 6.10 Å². The fourth-order valence-corrected chi connectivity index (χ4v) is 6.71. The normalized spacial score (nSPS) is 31.2. The van der Waals surface area contributed by atoms with Gasteiger partial charge in [-0.3, -0.25) is 0 Å². The number of aryl methyl sites for hydroxylation is 1. The number of hydrogen-bond acceptors (Lipinski definition) is 1. The van der Waals surface area contributed by atoms with Gasteiger partial charge in [-0.05, 0) is 111 Å². The molecule has 3 aliphatic rings. The molecule has 1 aromatic carbocycles. The van der Waals surface area contributed by atoms with Crippen LogP contribution < -0.4 is 0 Å². The number of benzene rings is 1. The molecule has 2 heteroatoms. The van der Waals surface area contributed by atoms with Gasteiger partial charge in [-0.25, -0.2) is 4.39 Å². The van der Waals surface area contributed by atoms with Crippen LogP contribution in [-0.2, 0) is 17.6 Å². The minimum absolute atomic E-state index is 0.0922. The summed E-state index contributed by atoms with van der Waals surface area (Å²) in [5, 5.41) is 0. The third kappa shape index (κ3) is 5.29. The van der Waals surface area contributed by atoms with Crippen molar-refractivity contribution >= 4 is 0 Å². The molecule has 5 unspecified atom stereocenters. The van der Waals surface area contributed by atoms with Gasteiger partial charge in [-0.1, -0.05) is 45.6 Å². The first-order valence-corrected chi connectivity index (χ1v) is 13.1. The average molecular weight is 415 g/mol. The molecule has 0 aliphatic heterocycles. The van der Waals surface area contributed by atoms with E-state index in [2.05, 4.69) is 19.9 Å². The van der Waals surface area contributed by atoms with E-state index in [1.807, 2.05) is 6.07 Å². The van der Waals surface area contributed by atoms with Crippen LogP contribution in [0.4, 0.5) is 4.39 Å². The molecule has 0 amide bonds. The van der Waals surface area contributed by atoms with Crippen molar-refractivity contribution in [1.82, 2.24) is 0 Å². The highest BCUT2D eigenvalue weighted by Gasteiger charge is 2.36. The van der Waals surface area contributed by atoms with Gasteiger partial charge in [0.1, 0.15) is 5.82 Å². The van der Waals surface area contributed by atoms with E-state index in [4.69, 9.17) is 4.74 Å². The summed E-state index contributed by atoms with van der Waals surface area (Å²) < 4.78 is 21.2. The fraction of sp³-hybridized carbons (Fsp3) is 0.786. The van der Waals surface area contributed by atoms with E-state index in [0.717, 1.165) is 36.8 Å². The average Bonchev–Trinajstić information content (AvgIpc) is 2.77. The van der Waals surface area contributed by atoms with Crippen LogP contribution in [0, 0.1) is 23.6 Å². The molecule has 0 bridgehead atoms. The summed E-state index contributed by atoms with van der Waals surface area (Å²) >= 11 is 0. The molecule has 0 spiro atoms. The van der Waals surface area contributed by atoms with Crippen LogP contribution in [0.2, 0.25) is 0 Å². The van der Waals surface area contributed by atoms with Crippen LogP contribution in [0.5, 0.6) is 0 Å². The zero-order chi connectivity index (χ0) is 20.9. The van der Waals surface area contributed by atoms with E-state index in [0.29, 0.717) is 17.9 Å². The zero-order valence-corrected chi connectivity index (χ0v) is 19.4. The molecule has 0 aromatic heterocycles. The number of halogens is 1. The van der Waals surface area contributed by atoms with Crippen molar-refractivity contribution < 1.29 is 9.13 Å². The molecule has 3 aliphatic carbocycles. The number of ether oxygens (including phenoxy) is 1. The van der Waals surface area contributed by atoms with Crippen LogP contribution in [0.25, 0.3) is 0 Å². The maximum atomic E-state index is 15.0. The number of hydrogen-bond donors (Lipinski definition) is 0. The molecular formula is C28H43FO. The minimum Gasteiger partial charge on any atom is -0.378 e. The summed E-state index contributed by atoms with van der Waals surface area (Å²) in [5.41, 5.74) is 3.66. The molecule has 0 saturated heterocycles. The smallest absolute Gasteiger partial charge is 0.126 e. The summed E-state index contributed by atoms with van der Waals surface area (Å²) in [4.78, 5) is 0. The molecule has 0 heterocycles. The molecule has 2 saturated carbocycles. The Bertz CT molecular complexity index is 683. The van der Waals surface area contributed by atoms with Crippen LogP contribution in [0.3, 0.4) is 0 Å². The van der Waals surface area contributed by atoms with E-state index in [9.17, 15) is 0 Å². The maximum Gasteiger partial charge on any atom is 0.126 e. The Morgan fingerprint density at radius 2 is 1.77 bits per heavy atom. The van der Waals surface area contributed by atoms with Crippen molar-refractivity contribution in [2.24, 2.45) is 17.8 Å². The predicted molar refractivity (Wildman–Crippen MR) is 124 cm³/mol. The maximum absolute atomic E-state index is 15.0. The van der Waals surface area contributed by atoms with E-state index in [-0.39, 0.29) is 5.82 Å². The van der Waals surface area contributed by atoms with Crippen molar-refractivity contribution in [3.63, 3.8) is 0 Å². The third-order valence-electron chi connectivity index (χ3n) is 8.46. The molecule has 2 fully saturated rings. The Morgan fingerprint density at radius 3 is 2.60 bits per heavy atom. The van der Waals surface area contributed by atoms with Crippen molar-refractivity contribution in [3.05, 3.63) is 34.6 Å². The predicted octanol–water partition coefficient (Wildman–Crippen LogP) is 7.99. The summed E-state index contributed by atoms with van der Waals surface area (Å²) in [6.07, 6.45) is 17.6. The first kappa shape index (κ1) is 22.3. The number of unbranched alkanes of at least 4 members (excludes halogenated alkanes) is 2. The highest BCUT2D eigenvalue weighted by atomic mass is 19.1. The van der Waals surface area contributed by atoms with E-state index in [1.165, 1.54) is 88.2 Å². The van der Waals surface area contributed by atoms with Crippen LogP contribution in [-0.4, -0.2) is 12.7 Å². The van der Waals surface area contributed by atoms with E-state index >= 15 is 4.39 Å². The van der Waals surface area contributed by atoms with Gasteiger partial charge in [-0.2, -0.15) is 0 Å². The van der Waals surface area contributed by atoms with Crippen LogP contribution in [0.15, 0.2) is 12.1 Å². The quantitative estimate of drug-likeness (QED) is 0.392. The molecule has 1 aromatic rings. The molecule has 4 rings (SSSR count). The van der Waals surface area contributed by atoms with Crippen LogP contribution >= 0.6 is 0 Å². The third-order valence-corrected chi connectivity index (χ3v) is 8.46. The Kier molecular flexibility index (Phi) is 7.90. The second-order valence-electron chi connectivity index (χ2n) is 10.6. The van der Waals surface area contributed by atoms with Gasteiger partial charge in [0, 0.05) is 6.61 Å². The van der Waals surface area contributed by atoms with E-state index in [1.54, 1.807) is 0 Å². The van der Waals surface area contributed by atoms with Crippen molar-refractivity contribution in [1.29, 1.82) is 0 Å². The van der Waals surface area contributed by atoms with Gasteiger partial charge in [0.25, 0.3) is 0 Å². The Morgan fingerprint density at radius 1 is 0.933 bits per heavy atom. The second-order valence-corrected chi connectivity index (χ2v) is 10.6. The Hall–Kier alpha value is -0.890. The first-order valence-electron chi connectivity index (χ1n) is 13.1. The SMILES string of the molecule is CCCCCOC1CCC2CC(c3cc(F)c4c(c3)CCC(CCC)C4)CCC2C1. The standard InChI is InChI=1S/C28H43FO/c1-3-5-6-14-30-26-13-12-21-16-22(10-11-23(21)18-26)25-17-24-9-8-20(7-4-2)15-27(24)28(29)19-25/h17,19-23,26H,3-16,18H2,1-2H3. The Labute approximate surface area is 184 Å². The molecule has 0 N–H and O–H groups in total. The van der Waals surface area contributed by atoms with Gasteiger partial charge in [0.2, 0.25) is 0 Å². The topological polar surface area (TPSA) is 9.23 Å². The number of rotatable bonds is 8. The van der Waals surface area contributed by atoms with Crippen molar-refractivity contribution in [3.8, 4) is 0 Å². The zero-order valence-electron chi connectivity index (χ0n) is 19.4. The molecule has 168 valence electrons. The number of fused-ring (bicyclic) bond motifs is 2. The molecular weight excluding hydrogens is 371 g/mol. The molecule has 1 nitrogen and oxygen atoms in total. The second kappa shape index (κ2) is 10.6. The highest BCUT2D eigenvalue weighted by Crippen LogP contribution is 2.47. The largest absolute Gasteiger partial charge is 0.378 e. The first-order chi connectivity index (χ1) is 14.7. The monoisotopic (exact) mass is 414 g/mol. The lowest BCUT2D eigenvalue weighted by Crippen LogP contribution is -2.34. The molecule has 5 atom stereocenters. The van der Waals surface area contributed by atoms with Crippen molar-refractivity contribution in [2.45, 2.75) is 116 Å². The lowest BCUT2D eigenvalue weighted by molar-refractivity contribution is -0.0162. The van der Waals surface area contributed by atoms with E-state index < -0.39 is 0 Å². The highest BCUT2D eigenvalue weighted by molar-refractivity contribution is 5.37. The molecule has 0 radical (unpaired) electrons. The van der Waals surface area contributed by atoms with Gasteiger partial charge in [-0.15, -0.1) is 0 Å². The Balaban J connectivity index is 1.34. The summed E-state index contributed by atoms with van der Waals surface area (Å²) in [5.74, 6) is 3.02. The summed E-state index contributed by atoms with van der Waals surface area (Å²) in [6, 6.07) is 4.31. The lowest BCUT2D eigenvalue weighted by Gasteiger charge is -2.42. The fourth-order valence-electron chi connectivity index (χ4n) is 6.71. The van der Waals surface area contributed by atoms with Gasteiger partial charge < -0.3 is 4.74 Å². The van der Waals surface area contributed by atoms with Crippen LogP contribution in [0.1, 0.15) is 114 Å². The van der Waals surface area contributed by atoms with Crippen molar-refractivity contribution in [2.75, 3.05) is 6.61 Å². The minimum atomic E-state index is 0.0922. The van der Waals surface area contributed by atoms with Gasteiger partial charge >= 0.3 is 0 Å².